The molecule has 1 unspecified atom stereocenters. The molecule has 0 amide bonds. The molecular formula is C47H36N4O2. The molecule has 0 saturated heterocycles. The number of allylic oxidation sites excluding steroid dienone is 3. The number of ether oxygens (including phenoxy) is 2. The van der Waals surface area contributed by atoms with Crippen molar-refractivity contribution in [2.75, 3.05) is 4.90 Å². The largest absolute Gasteiger partial charge is 0.457 e. The van der Waals surface area contributed by atoms with Gasteiger partial charge in [0.15, 0.2) is 17.4 Å². The molecule has 2 aliphatic heterocycles. The standard InChI is InChI=1S/C47H36N4O2/c1-47(31-34-13-5-9-19-41(34)52-42-20-10-6-16-38(42)47)35-27-23-32(24-28-35)45-48-49-46(51(45)36-14-3-2-4-15-36)33-25-29-37(30-26-33)50-39-17-7-11-21-43(39)53-44-22-12-8-18-40(44)50/h2-7,9-17,19-30H,8,18,31H2,1H3. The first-order valence-corrected chi connectivity index (χ1v) is 18.2. The minimum Gasteiger partial charge on any atom is -0.457 e. The van der Waals surface area contributed by atoms with Crippen molar-refractivity contribution in [3.05, 3.63) is 192 Å². The molecule has 3 aliphatic rings. The first-order valence-electron chi connectivity index (χ1n) is 18.2. The van der Waals surface area contributed by atoms with Gasteiger partial charge in [0.2, 0.25) is 0 Å². The Labute approximate surface area is 308 Å². The molecule has 0 radical (unpaired) electrons. The molecule has 6 aromatic carbocycles. The van der Waals surface area contributed by atoms with Crippen LogP contribution in [0, 0.1) is 0 Å². The highest BCUT2D eigenvalue weighted by Gasteiger charge is 2.36. The number of hydrogen-bond donors (Lipinski definition) is 0. The van der Waals surface area contributed by atoms with Crippen LogP contribution in [-0.2, 0) is 11.8 Å². The quantitative estimate of drug-likeness (QED) is 0.180. The Morgan fingerprint density at radius 3 is 2.00 bits per heavy atom. The van der Waals surface area contributed by atoms with Crippen LogP contribution in [0.25, 0.3) is 28.5 Å². The minimum atomic E-state index is -0.298. The van der Waals surface area contributed by atoms with Crippen LogP contribution in [-0.4, -0.2) is 14.8 Å². The Balaban J connectivity index is 1.03. The van der Waals surface area contributed by atoms with Crippen molar-refractivity contribution in [1.29, 1.82) is 0 Å². The van der Waals surface area contributed by atoms with Crippen LogP contribution in [0.3, 0.4) is 0 Å². The van der Waals surface area contributed by atoms with Gasteiger partial charge in [-0.05, 0) is 97.1 Å². The lowest BCUT2D eigenvalue weighted by atomic mass is 9.72. The summed E-state index contributed by atoms with van der Waals surface area (Å²) in [6.45, 7) is 2.32. The van der Waals surface area contributed by atoms with Crippen molar-refractivity contribution in [2.45, 2.75) is 31.6 Å². The average Bonchev–Trinajstić information content (AvgIpc) is 3.61. The van der Waals surface area contributed by atoms with Gasteiger partial charge in [-0.25, -0.2) is 0 Å². The van der Waals surface area contributed by atoms with E-state index in [0.717, 1.165) is 82.1 Å². The lowest BCUT2D eigenvalue weighted by Gasteiger charge is -2.35. The third-order valence-corrected chi connectivity index (χ3v) is 10.8. The molecule has 0 spiro atoms. The molecule has 1 atom stereocenters. The van der Waals surface area contributed by atoms with Crippen LogP contribution in [0.2, 0.25) is 0 Å². The monoisotopic (exact) mass is 688 g/mol. The molecule has 0 N–H and O–H groups in total. The number of rotatable bonds is 5. The number of para-hydroxylation sites is 5. The van der Waals surface area contributed by atoms with Crippen molar-refractivity contribution in [2.24, 2.45) is 0 Å². The molecule has 6 heteroatoms. The van der Waals surface area contributed by atoms with E-state index in [1.165, 1.54) is 22.4 Å². The Kier molecular flexibility index (Phi) is 7.35. The van der Waals surface area contributed by atoms with Crippen molar-refractivity contribution < 1.29 is 9.47 Å². The molecule has 7 aromatic rings. The van der Waals surface area contributed by atoms with Crippen LogP contribution in [0.15, 0.2) is 175 Å². The summed E-state index contributed by atoms with van der Waals surface area (Å²) in [7, 11) is 0. The number of benzene rings is 6. The van der Waals surface area contributed by atoms with Gasteiger partial charge in [0.05, 0.1) is 11.4 Å². The molecule has 0 saturated carbocycles. The topological polar surface area (TPSA) is 52.4 Å². The summed E-state index contributed by atoms with van der Waals surface area (Å²) in [5.41, 5.74) is 9.56. The van der Waals surface area contributed by atoms with E-state index >= 15 is 0 Å². The SMILES string of the molecule is CC1(c2ccc(-c3nnc(-c4ccc(N5C6=C(C=CCC6)Oc6ccccc65)cc4)n3-c3ccccc3)cc2)Cc2ccccc2Oc2ccccc21. The van der Waals surface area contributed by atoms with E-state index in [-0.39, 0.29) is 5.41 Å². The zero-order valence-corrected chi connectivity index (χ0v) is 29.3. The second-order valence-corrected chi connectivity index (χ2v) is 14.0. The normalized spacial score (nSPS) is 17.1. The molecule has 6 nitrogen and oxygen atoms in total. The molecule has 1 aliphatic carbocycles. The number of aromatic nitrogens is 3. The molecule has 10 rings (SSSR count). The van der Waals surface area contributed by atoms with E-state index in [2.05, 4.69) is 150 Å². The zero-order valence-electron chi connectivity index (χ0n) is 29.3. The molecule has 53 heavy (non-hydrogen) atoms. The fraction of sp³-hybridized carbons (Fsp3) is 0.106. The van der Waals surface area contributed by atoms with Crippen molar-refractivity contribution in [3.63, 3.8) is 0 Å². The lowest BCUT2D eigenvalue weighted by molar-refractivity contribution is 0.421. The predicted octanol–water partition coefficient (Wildman–Crippen LogP) is 11.3. The molecule has 0 fully saturated rings. The first kappa shape index (κ1) is 31.1. The van der Waals surface area contributed by atoms with Crippen LogP contribution in [0.5, 0.6) is 17.2 Å². The molecule has 256 valence electrons. The Morgan fingerprint density at radius 2 is 1.23 bits per heavy atom. The van der Waals surface area contributed by atoms with Crippen LogP contribution in [0.1, 0.15) is 36.5 Å². The summed E-state index contributed by atoms with van der Waals surface area (Å²) in [6, 6.07) is 52.8. The summed E-state index contributed by atoms with van der Waals surface area (Å²) >= 11 is 0. The number of hydrogen-bond acceptors (Lipinski definition) is 5. The van der Waals surface area contributed by atoms with Gasteiger partial charge in [-0.3, -0.25) is 4.57 Å². The van der Waals surface area contributed by atoms with E-state index in [4.69, 9.17) is 19.7 Å². The third-order valence-electron chi connectivity index (χ3n) is 10.8. The summed E-state index contributed by atoms with van der Waals surface area (Å²) in [6.07, 6.45) is 7.00. The van der Waals surface area contributed by atoms with E-state index in [1.54, 1.807) is 0 Å². The fourth-order valence-corrected chi connectivity index (χ4v) is 8.07. The van der Waals surface area contributed by atoms with Gasteiger partial charge in [0.25, 0.3) is 0 Å². The van der Waals surface area contributed by atoms with Gasteiger partial charge in [-0.1, -0.05) is 104 Å². The number of anilines is 2. The number of nitrogens with zero attached hydrogens (tertiary/aromatic N) is 4. The summed E-state index contributed by atoms with van der Waals surface area (Å²) in [4.78, 5) is 2.33. The van der Waals surface area contributed by atoms with E-state index < -0.39 is 0 Å². The minimum absolute atomic E-state index is 0.298. The van der Waals surface area contributed by atoms with Gasteiger partial charge in [-0.2, -0.15) is 0 Å². The summed E-state index contributed by atoms with van der Waals surface area (Å²) in [5, 5.41) is 9.65. The second-order valence-electron chi connectivity index (χ2n) is 14.0. The maximum atomic E-state index is 6.47. The zero-order chi connectivity index (χ0) is 35.4. The Hall–Kier alpha value is -6.66. The fourth-order valence-electron chi connectivity index (χ4n) is 8.07. The maximum Gasteiger partial charge on any atom is 0.168 e. The van der Waals surface area contributed by atoms with Gasteiger partial charge >= 0.3 is 0 Å². The lowest BCUT2D eigenvalue weighted by Crippen LogP contribution is -2.26. The van der Waals surface area contributed by atoms with Crippen molar-refractivity contribution in [3.8, 4) is 45.7 Å². The van der Waals surface area contributed by atoms with Gasteiger partial charge in [-0.15, -0.1) is 10.2 Å². The first-order chi connectivity index (χ1) is 26.1. The second kappa shape index (κ2) is 12.5. The Morgan fingerprint density at radius 1 is 0.585 bits per heavy atom. The number of fused-ring (bicyclic) bond motifs is 3. The van der Waals surface area contributed by atoms with E-state index in [9.17, 15) is 0 Å². The molecule has 1 aromatic heterocycles. The smallest absolute Gasteiger partial charge is 0.168 e. The van der Waals surface area contributed by atoms with Gasteiger partial charge in [0, 0.05) is 33.5 Å². The predicted molar refractivity (Wildman–Crippen MR) is 210 cm³/mol. The van der Waals surface area contributed by atoms with Crippen molar-refractivity contribution in [1.82, 2.24) is 14.8 Å². The Bertz CT molecular complexity index is 2550. The highest BCUT2D eigenvalue weighted by Crippen LogP contribution is 2.47. The maximum absolute atomic E-state index is 6.47. The van der Waals surface area contributed by atoms with E-state index in [1.807, 2.05) is 30.3 Å². The van der Waals surface area contributed by atoms with Crippen LogP contribution >= 0.6 is 0 Å². The molecule has 3 heterocycles. The van der Waals surface area contributed by atoms with Crippen LogP contribution < -0.4 is 14.4 Å². The van der Waals surface area contributed by atoms with Gasteiger partial charge < -0.3 is 14.4 Å². The van der Waals surface area contributed by atoms with E-state index in [0.29, 0.717) is 0 Å². The highest BCUT2D eigenvalue weighted by molar-refractivity contribution is 5.78. The summed E-state index contributed by atoms with van der Waals surface area (Å²) in [5.74, 6) is 5.15. The summed E-state index contributed by atoms with van der Waals surface area (Å²) < 4.78 is 14.9. The van der Waals surface area contributed by atoms with Crippen LogP contribution in [0.4, 0.5) is 11.4 Å². The molecule has 0 bridgehead atoms. The molecular weight excluding hydrogens is 653 g/mol. The van der Waals surface area contributed by atoms with Gasteiger partial charge in [0.1, 0.15) is 17.3 Å². The average molecular weight is 689 g/mol. The third kappa shape index (κ3) is 5.25. The van der Waals surface area contributed by atoms with Crippen molar-refractivity contribution >= 4 is 11.4 Å². The highest BCUT2D eigenvalue weighted by atomic mass is 16.5.